The lowest BCUT2D eigenvalue weighted by Gasteiger charge is -2.33. The van der Waals surface area contributed by atoms with E-state index in [0.29, 0.717) is 36.6 Å². The van der Waals surface area contributed by atoms with Gasteiger partial charge in [0, 0.05) is 30.3 Å². The van der Waals surface area contributed by atoms with Gasteiger partial charge in [0.05, 0.1) is 5.41 Å². The van der Waals surface area contributed by atoms with Crippen molar-refractivity contribution in [2.45, 2.75) is 19.8 Å². The molecule has 2 rings (SSSR count). The Kier molecular flexibility index (Phi) is 4.85. The van der Waals surface area contributed by atoms with Crippen LogP contribution in [0.3, 0.4) is 0 Å². The fourth-order valence-electron chi connectivity index (χ4n) is 2.45. The highest BCUT2D eigenvalue weighted by Crippen LogP contribution is 2.30. The van der Waals surface area contributed by atoms with E-state index in [9.17, 15) is 14.7 Å². The van der Waals surface area contributed by atoms with Crippen LogP contribution in [0, 0.1) is 12.3 Å². The van der Waals surface area contributed by atoms with E-state index < -0.39 is 11.4 Å². The molecule has 1 aliphatic rings. The fraction of sp³-hybridized carbons (Fsp3) is 0.467. The molecule has 0 aromatic heterocycles. The standard InChI is InChI=1S/C15H18ClNO4/c1-10-6-11(8-12(16)7-10)13(18)17-9-15(14(19)20)2-4-21-5-3-15/h6-8H,2-5,9H2,1H3,(H,17,18)(H,19,20). The Labute approximate surface area is 128 Å². The summed E-state index contributed by atoms with van der Waals surface area (Å²) in [6.45, 7) is 2.74. The third-order valence-corrected chi connectivity index (χ3v) is 4.01. The van der Waals surface area contributed by atoms with E-state index in [1.807, 2.05) is 6.92 Å². The number of nitrogens with one attached hydrogen (secondary N) is 1. The maximum absolute atomic E-state index is 12.2. The molecule has 0 atom stereocenters. The van der Waals surface area contributed by atoms with Gasteiger partial charge in [-0.3, -0.25) is 9.59 Å². The number of carboxylic acid groups (broad SMARTS) is 1. The average Bonchev–Trinajstić information content (AvgIpc) is 2.44. The Bertz CT molecular complexity index is 532. The monoisotopic (exact) mass is 311 g/mol. The number of amides is 1. The minimum atomic E-state index is -0.943. The average molecular weight is 312 g/mol. The highest BCUT2D eigenvalue weighted by molar-refractivity contribution is 6.31. The minimum absolute atomic E-state index is 0.0933. The zero-order valence-electron chi connectivity index (χ0n) is 11.8. The van der Waals surface area contributed by atoms with Crippen LogP contribution in [0.5, 0.6) is 0 Å². The predicted molar refractivity (Wildman–Crippen MR) is 78.6 cm³/mol. The highest BCUT2D eigenvalue weighted by Gasteiger charge is 2.40. The Morgan fingerprint density at radius 2 is 2.00 bits per heavy atom. The largest absolute Gasteiger partial charge is 0.481 e. The van der Waals surface area contributed by atoms with Crippen LogP contribution < -0.4 is 5.32 Å². The molecule has 0 unspecified atom stereocenters. The summed E-state index contributed by atoms with van der Waals surface area (Å²) >= 11 is 5.93. The predicted octanol–water partition coefficient (Wildman–Crippen LogP) is 2.26. The van der Waals surface area contributed by atoms with Crippen LogP contribution >= 0.6 is 11.6 Å². The number of hydrogen-bond donors (Lipinski definition) is 2. The maximum atomic E-state index is 12.2. The first kappa shape index (κ1) is 15.8. The molecule has 0 saturated carbocycles. The Balaban J connectivity index is 2.06. The fourth-order valence-corrected chi connectivity index (χ4v) is 2.74. The van der Waals surface area contributed by atoms with Gasteiger partial charge in [0.15, 0.2) is 0 Å². The van der Waals surface area contributed by atoms with E-state index in [2.05, 4.69) is 5.32 Å². The van der Waals surface area contributed by atoms with Gasteiger partial charge in [-0.15, -0.1) is 0 Å². The molecule has 1 fully saturated rings. The van der Waals surface area contributed by atoms with Crippen LogP contribution in [0.15, 0.2) is 18.2 Å². The molecular formula is C15H18ClNO4. The number of hydrogen-bond acceptors (Lipinski definition) is 3. The highest BCUT2D eigenvalue weighted by atomic mass is 35.5. The first-order chi connectivity index (χ1) is 9.93. The van der Waals surface area contributed by atoms with Crippen LogP contribution in [0.2, 0.25) is 5.02 Å². The lowest BCUT2D eigenvalue weighted by molar-refractivity contribution is -0.154. The first-order valence-corrected chi connectivity index (χ1v) is 7.17. The van der Waals surface area contributed by atoms with Crippen molar-refractivity contribution < 1.29 is 19.4 Å². The van der Waals surface area contributed by atoms with Crippen molar-refractivity contribution in [2.24, 2.45) is 5.41 Å². The Morgan fingerprint density at radius 3 is 2.57 bits per heavy atom. The number of aliphatic carboxylic acids is 1. The smallest absolute Gasteiger partial charge is 0.311 e. The van der Waals surface area contributed by atoms with Gasteiger partial charge in [0.25, 0.3) is 5.91 Å². The van der Waals surface area contributed by atoms with Crippen molar-refractivity contribution in [3.05, 3.63) is 34.3 Å². The van der Waals surface area contributed by atoms with Gasteiger partial charge in [-0.05, 0) is 43.5 Å². The van der Waals surface area contributed by atoms with E-state index in [1.165, 1.54) is 0 Å². The number of aryl methyl sites for hydroxylation is 1. The van der Waals surface area contributed by atoms with Crippen LogP contribution in [0.1, 0.15) is 28.8 Å². The van der Waals surface area contributed by atoms with E-state index in [-0.39, 0.29) is 12.5 Å². The molecule has 0 aliphatic carbocycles. The minimum Gasteiger partial charge on any atom is -0.481 e. The summed E-state index contributed by atoms with van der Waals surface area (Å²) < 4.78 is 5.20. The summed E-state index contributed by atoms with van der Waals surface area (Å²) in [6, 6.07) is 5.05. The molecule has 0 bridgehead atoms. The number of carbonyl (C=O) groups is 2. The molecule has 1 amide bonds. The summed E-state index contributed by atoms with van der Waals surface area (Å²) in [7, 11) is 0. The second kappa shape index (κ2) is 6.45. The van der Waals surface area contributed by atoms with Crippen molar-refractivity contribution in [3.63, 3.8) is 0 Å². The quantitative estimate of drug-likeness (QED) is 0.894. The molecule has 1 aliphatic heterocycles. The number of halogens is 1. The van der Waals surface area contributed by atoms with Crippen LogP contribution in [-0.4, -0.2) is 36.7 Å². The van der Waals surface area contributed by atoms with Crippen molar-refractivity contribution in [3.8, 4) is 0 Å². The number of carbonyl (C=O) groups excluding carboxylic acids is 1. The molecule has 21 heavy (non-hydrogen) atoms. The van der Waals surface area contributed by atoms with Gasteiger partial charge in [0.1, 0.15) is 0 Å². The van der Waals surface area contributed by atoms with Crippen LogP contribution in [-0.2, 0) is 9.53 Å². The lowest BCUT2D eigenvalue weighted by atomic mass is 9.80. The normalized spacial score (nSPS) is 17.2. The zero-order chi connectivity index (χ0) is 15.5. The van der Waals surface area contributed by atoms with Crippen LogP contribution in [0.4, 0.5) is 0 Å². The molecule has 1 aromatic rings. The summed E-state index contributed by atoms with van der Waals surface area (Å²) in [5, 5.41) is 12.6. The van der Waals surface area contributed by atoms with Gasteiger partial charge in [0.2, 0.25) is 0 Å². The molecule has 6 heteroatoms. The zero-order valence-corrected chi connectivity index (χ0v) is 12.6. The number of rotatable bonds is 4. The third kappa shape index (κ3) is 3.74. The molecule has 2 N–H and O–H groups in total. The second-order valence-corrected chi connectivity index (χ2v) is 5.83. The van der Waals surface area contributed by atoms with Gasteiger partial charge < -0.3 is 15.2 Å². The second-order valence-electron chi connectivity index (χ2n) is 5.40. The van der Waals surface area contributed by atoms with Crippen molar-refractivity contribution >= 4 is 23.5 Å². The number of benzene rings is 1. The molecule has 1 aromatic carbocycles. The first-order valence-electron chi connectivity index (χ1n) is 6.79. The molecule has 1 heterocycles. The van der Waals surface area contributed by atoms with Crippen molar-refractivity contribution in [2.75, 3.05) is 19.8 Å². The number of ether oxygens (including phenoxy) is 1. The van der Waals surface area contributed by atoms with Crippen LogP contribution in [0.25, 0.3) is 0 Å². The topological polar surface area (TPSA) is 75.6 Å². The van der Waals surface area contributed by atoms with E-state index >= 15 is 0 Å². The molecular weight excluding hydrogens is 294 g/mol. The summed E-state index contributed by atoms with van der Waals surface area (Å²) in [5.41, 5.74) is 0.376. The molecule has 5 nitrogen and oxygen atoms in total. The van der Waals surface area contributed by atoms with Gasteiger partial charge >= 0.3 is 5.97 Å². The van der Waals surface area contributed by atoms with E-state index in [0.717, 1.165) is 5.56 Å². The van der Waals surface area contributed by atoms with Gasteiger partial charge in [-0.1, -0.05) is 11.6 Å². The molecule has 1 saturated heterocycles. The molecule has 0 spiro atoms. The summed E-state index contributed by atoms with van der Waals surface area (Å²) in [6.07, 6.45) is 0.800. The maximum Gasteiger partial charge on any atom is 0.311 e. The van der Waals surface area contributed by atoms with E-state index in [4.69, 9.17) is 16.3 Å². The molecule has 0 radical (unpaired) electrons. The van der Waals surface area contributed by atoms with E-state index in [1.54, 1.807) is 18.2 Å². The van der Waals surface area contributed by atoms with Gasteiger partial charge in [-0.25, -0.2) is 0 Å². The lowest BCUT2D eigenvalue weighted by Crippen LogP contribution is -2.46. The van der Waals surface area contributed by atoms with Crippen molar-refractivity contribution in [1.82, 2.24) is 5.32 Å². The summed E-state index contributed by atoms with van der Waals surface area (Å²) in [4.78, 5) is 23.7. The Morgan fingerprint density at radius 1 is 1.33 bits per heavy atom. The molecule has 114 valence electrons. The Hall–Kier alpha value is -1.59. The third-order valence-electron chi connectivity index (χ3n) is 3.80. The SMILES string of the molecule is Cc1cc(Cl)cc(C(=O)NCC2(C(=O)O)CCOCC2)c1. The number of carboxylic acids is 1. The van der Waals surface area contributed by atoms with Crippen molar-refractivity contribution in [1.29, 1.82) is 0 Å². The van der Waals surface area contributed by atoms with Gasteiger partial charge in [-0.2, -0.15) is 0 Å². The summed E-state index contributed by atoms with van der Waals surface area (Å²) in [5.74, 6) is -1.21.